The summed E-state index contributed by atoms with van der Waals surface area (Å²) in [4.78, 5) is 26.9. The van der Waals surface area contributed by atoms with Gasteiger partial charge in [0.25, 0.3) is 11.8 Å². The van der Waals surface area contributed by atoms with Gasteiger partial charge in [-0.05, 0) is 30.7 Å². The Morgan fingerprint density at radius 1 is 0.913 bits per heavy atom. The van der Waals surface area contributed by atoms with E-state index in [-0.39, 0.29) is 11.8 Å². The zero-order valence-electron chi connectivity index (χ0n) is 12.9. The zero-order valence-corrected chi connectivity index (χ0v) is 12.9. The Morgan fingerprint density at radius 3 is 2.00 bits per heavy atom. The summed E-state index contributed by atoms with van der Waals surface area (Å²) in [5.41, 5.74) is 1.09. The average molecular weight is 311 g/mol. The molecular weight excluding hydrogens is 294 g/mol. The van der Waals surface area contributed by atoms with Gasteiger partial charge in [0, 0.05) is 23.1 Å². The summed E-state index contributed by atoms with van der Waals surface area (Å²) < 4.78 is 11.4. The summed E-state index contributed by atoms with van der Waals surface area (Å²) in [7, 11) is 0. The molecular formula is C18H17NO4. The molecule has 5 heteroatoms. The molecule has 2 amide bonds. The molecule has 2 aromatic rings. The fourth-order valence-corrected chi connectivity index (χ4v) is 3.24. The smallest absolute Gasteiger partial charge is 0.261 e. The van der Waals surface area contributed by atoms with E-state index in [4.69, 9.17) is 9.47 Å². The highest BCUT2D eigenvalue weighted by atomic mass is 16.5. The summed E-state index contributed by atoms with van der Waals surface area (Å²) in [6.45, 7) is 3.38. The Hall–Kier alpha value is -2.56. The monoisotopic (exact) mass is 311 g/mol. The van der Waals surface area contributed by atoms with Gasteiger partial charge in [-0.15, -0.1) is 0 Å². The van der Waals surface area contributed by atoms with Crippen molar-refractivity contribution in [2.45, 2.75) is 19.8 Å². The van der Waals surface area contributed by atoms with E-state index in [1.165, 1.54) is 4.90 Å². The number of carbonyl (C=O) groups excluding carboxylic acids is 2. The number of nitrogens with zero attached hydrogens (tertiary/aromatic N) is 1. The summed E-state index contributed by atoms with van der Waals surface area (Å²) in [5, 5.41) is 1.39. The lowest BCUT2D eigenvalue weighted by atomic mass is 9.92. The van der Waals surface area contributed by atoms with E-state index in [2.05, 4.69) is 0 Å². The second-order valence-corrected chi connectivity index (χ2v) is 5.78. The van der Waals surface area contributed by atoms with Crippen LogP contribution in [0.2, 0.25) is 0 Å². The van der Waals surface area contributed by atoms with Crippen molar-refractivity contribution in [3.05, 3.63) is 35.4 Å². The van der Waals surface area contributed by atoms with E-state index in [9.17, 15) is 9.59 Å². The van der Waals surface area contributed by atoms with E-state index in [1.807, 2.05) is 6.92 Å². The molecule has 2 aliphatic rings. The molecule has 0 bridgehead atoms. The van der Waals surface area contributed by atoms with Gasteiger partial charge in [0.05, 0.1) is 5.39 Å². The van der Waals surface area contributed by atoms with Crippen LogP contribution in [0, 0.1) is 0 Å². The fraction of sp³-hybridized carbons (Fsp3) is 0.333. The maximum Gasteiger partial charge on any atom is 0.261 e. The van der Waals surface area contributed by atoms with Crippen LogP contribution in [0.3, 0.4) is 0 Å². The molecule has 0 N–H and O–H groups in total. The van der Waals surface area contributed by atoms with Crippen LogP contribution in [0.4, 0.5) is 0 Å². The topological polar surface area (TPSA) is 55.8 Å². The molecule has 0 fully saturated rings. The number of rotatable bonds is 3. The largest absolute Gasteiger partial charge is 0.489 e. The first-order valence-corrected chi connectivity index (χ1v) is 7.94. The zero-order chi connectivity index (χ0) is 16.0. The molecule has 0 aromatic heterocycles. The van der Waals surface area contributed by atoms with Gasteiger partial charge in [0.1, 0.15) is 24.7 Å². The number of imide groups is 1. The Bertz CT molecular complexity index is 767. The third-order valence-corrected chi connectivity index (χ3v) is 4.37. The molecule has 118 valence electrons. The van der Waals surface area contributed by atoms with Gasteiger partial charge in [0.15, 0.2) is 0 Å². The molecule has 5 nitrogen and oxygen atoms in total. The lowest BCUT2D eigenvalue weighted by Crippen LogP contribution is -2.40. The fourth-order valence-electron chi connectivity index (χ4n) is 3.24. The minimum Gasteiger partial charge on any atom is -0.489 e. The third kappa shape index (κ3) is 2.00. The maximum atomic E-state index is 12.8. The SMILES string of the molecule is CCCCN1C(=O)c2ccc3c4c(ccc(c24)C1=O)OCCO3. The van der Waals surface area contributed by atoms with E-state index in [0.717, 1.165) is 18.2 Å². The van der Waals surface area contributed by atoms with Crippen LogP contribution in [0.25, 0.3) is 10.8 Å². The van der Waals surface area contributed by atoms with Crippen LogP contribution < -0.4 is 9.47 Å². The number of hydrogen-bond donors (Lipinski definition) is 0. The minimum absolute atomic E-state index is 0.233. The predicted molar refractivity (Wildman–Crippen MR) is 85.2 cm³/mol. The van der Waals surface area contributed by atoms with Crippen molar-refractivity contribution in [2.75, 3.05) is 19.8 Å². The maximum absolute atomic E-state index is 12.8. The Labute approximate surface area is 133 Å². The lowest BCUT2D eigenvalue weighted by molar-refractivity contribution is 0.0608. The summed E-state index contributed by atoms with van der Waals surface area (Å²) in [5.74, 6) is 0.870. The first kappa shape index (κ1) is 14.1. The van der Waals surface area contributed by atoms with Crippen LogP contribution in [0.1, 0.15) is 40.5 Å². The van der Waals surface area contributed by atoms with Crippen LogP contribution in [-0.4, -0.2) is 36.5 Å². The van der Waals surface area contributed by atoms with Gasteiger partial charge in [-0.25, -0.2) is 0 Å². The molecule has 2 aliphatic heterocycles. The second-order valence-electron chi connectivity index (χ2n) is 5.78. The molecule has 2 heterocycles. The standard InChI is InChI=1S/C18H17NO4/c1-2-3-8-19-17(20)11-4-6-13-16-14(23-10-9-22-13)7-5-12(15(11)16)18(19)21/h4-7H,2-3,8-10H2,1H3. The van der Waals surface area contributed by atoms with Crippen molar-refractivity contribution < 1.29 is 19.1 Å². The second kappa shape index (κ2) is 5.26. The first-order chi connectivity index (χ1) is 11.2. The van der Waals surface area contributed by atoms with Crippen LogP contribution in [0.15, 0.2) is 24.3 Å². The van der Waals surface area contributed by atoms with E-state index in [0.29, 0.717) is 47.8 Å². The number of carbonyl (C=O) groups is 2. The summed E-state index contributed by atoms with van der Waals surface area (Å²) in [6, 6.07) is 7.10. The van der Waals surface area contributed by atoms with Crippen LogP contribution >= 0.6 is 0 Å². The van der Waals surface area contributed by atoms with Gasteiger partial charge in [-0.1, -0.05) is 13.3 Å². The molecule has 0 aliphatic carbocycles. The third-order valence-electron chi connectivity index (χ3n) is 4.37. The average Bonchev–Trinajstić information content (AvgIpc) is 2.78. The van der Waals surface area contributed by atoms with E-state index in [1.54, 1.807) is 24.3 Å². The van der Waals surface area contributed by atoms with E-state index >= 15 is 0 Å². The Morgan fingerprint density at radius 2 is 1.48 bits per heavy atom. The van der Waals surface area contributed by atoms with Crippen molar-refractivity contribution in [2.24, 2.45) is 0 Å². The Kier molecular flexibility index (Phi) is 3.22. The minimum atomic E-state index is -0.233. The highest BCUT2D eigenvalue weighted by Gasteiger charge is 2.34. The lowest BCUT2D eigenvalue weighted by Gasteiger charge is -2.27. The quantitative estimate of drug-likeness (QED) is 0.818. The van der Waals surface area contributed by atoms with Gasteiger partial charge >= 0.3 is 0 Å². The molecule has 4 rings (SSSR count). The van der Waals surface area contributed by atoms with Crippen molar-refractivity contribution >= 4 is 22.6 Å². The summed E-state index contributed by atoms with van der Waals surface area (Å²) >= 11 is 0. The number of unbranched alkanes of at least 4 members (excludes halogenated alkanes) is 1. The van der Waals surface area contributed by atoms with Crippen LogP contribution in [0.5, 0.6) is 11.5 Å². The number of ether oxygens (including phenoxy) is 2. The van der Waals surface area contributed by atoms with Crippen molar-refractivity contribution in [1.82, 2.24) is 4.90 Å². The molecule has 23 heavy (non-hydrogen) atoms. The molecule has 0 saturated heterocycles. The first-order valence-electron chi connectivity index (χ1n) is 7.94. The van der Waals surface area contributed by atoms with Gasteiger partial charge < -0.3 is 9.47 Å². The van der Waals surface area contributed by atoms with Crippen molar-refractivity contribution in [1.29, 1.82) is 0 Å². The predicted octanol–water partition coefficient (Wildman–Crippen LogP) is 3.01. The number of amides is 2. The normalized spacial score (nSPS) is 16.1. The number of benzene rings is 2. The van der Waals surface area contributed by atoms with Crippen molar-refractivity contribution in [3.63, 3.8) is 0 Å². The van der Waals surface area contributed by atoms with Gasteiger partial charge in [-0.3, -0.25) is 14.5 Å². The highest BCUT2D eigenvalue weighted by molar-refractivity contribution is 6.26. The van der Waals surface area contributed by atoms with Gasteiger partial charge in [0.2, 0.25) is 0 Å². The molecule has 2 aromatic carbocycles. The highest BCUT2D eigenvalue weighted by Crippen LogP contribution is 2.42. The van der Waals surface area contributed by atoms with E-state index < -0.39 is 0 Å². The molecule has 0 radical (unpaired) electrons. The Balaban J connectivity index is 1.97. The number of hydrogen-bond acceptors (Lipinski definition) is 4. The molecule has 0 spiro atoms. The molecule has 0 atom stereocenters. The van der Waals surface area contributed by atoms with Crippen LogP contribution in [-0.2, 0) is 0 Å². The summed E-state index contributed by atoms with van der Waals surface area (Å²) in [6.07, 6.45) is 1.73. The van der Waals surface area contributed by atoms with Crippen molar-refractivity contribution in [3.8, 4) is 11.5 Å². The molecule has 0 unspecified atom stereocenters. The molecule has 0 saturated carbocycles. The van der Waals surface area contributed by atoms with Gasteiger partial charge in [-0.2, -0.15) is 0 Å².